The molecular formula is C16H15F3N2O. The van der Waals surface area contributed by atoms with Crippen LogP contribution in [-0.4, -0.2) is 12.5 Å². The molecule has 3 nitrogen and oxygen atoms in total. The van der Waals surface area contributed by atoms with Gasteiger partial charge in [-0.2, -0.15) is 13.2 Å². The lowest BCUT2D eigenvalue weighted by atomic mass is 10.2. The number of rotatable bonds is 4. The first-order valence-corrected chi connectivity index (χ1v) is 6.62. The van der Waals surface area contributed by atoms with Gasteiger partial charge in [0.05, 0.1) is 12.1 Å². The fraction of sp³-hybridized carbons (Fsp3) is 0.188. The van der Waals surface area contributed by atoms with Gasteiger partial charge in [0, 0.05) is 11.4 Å². The minimum absolute atomic E-state index is 0.116. The zero-order valence-corrected chi connectivity index (χ0v) is 11.9. The number of anilines is 2. The van der Waals surface area contributed by atoms with E-state index in [0.29, 0.717) is 5.69 Å². The number of carbonyl (C=O) groups is 1. The summed E-state index contributed by atoms with van der Waals surface area (Å²) in [5.74, 6) is -0.331. The largest absolute Gasteiger partial charge is 0.416 e. The molecule has 22 heavy (non-hydrogen) atoms. The highest BCUT2D eigenvalue weighted by Crippen LogP contribution is 2.30. The van der Waals surface area contributed by atoms with Crippen molar-refractivity contribution in [3.63, 3.8) is 0 Å². The molecule has 0 saturated heterocycles. The van der Waals surface area contributed by atoms with Gasteiger partial charge < -0.3 is 10.6 Å². The van der Waals surface area contributed by atoms with Gasteiger partial charge in [0.1, 0.15) is 0 Å². The van der Waals surface area contributed by atoms with Gasteiger partial charge in [-0.25, -0.2) is 0 Å². The summed E-state index contributed by atoms with van der Waals surface area (Å²) in [5.41, 5.74) is 1.14. The summed E-state index contributed by atoms with van der Waals surface area (Å²) in [5, 5.41) is 5.35. The van der Waals surface area contributed by atoms with Crippen LogP contribution in [0.3, 0.4) is 0 Å². The van der Waals surface area contributed by atoms with E-state index < -0.39 is 11.7 Å². The Labute approximate surface area is 126 Å². The van der Waals surface area contributed by atoms with E-state index in [4.69, 9.17) is 0 Å². The SMILES string of the molecule is Cc1cccc(NC(=O)CNc2cccc(C(F)(F)F)c2)c1. The number of carbonyl (C=O) groups excluding carboxylic acids is 1. The Hall–Kier alpha value is -2.50. The number of aryl methyl sites for hydroxylation is 1. The smallest absolute Gasteiger partial charge is 0.376 e. The van der Waals surface area contributed by atoms with Gasteiger partial charge >= 0.3 is 6.18 Å². The Morgan fingerprint density at radius 3 is 2.41 bits per heavy atom. The Balaban J connectivity index is 1.94. The van der Waals surface area contributed by atoms with E-state index in [1.165, 1.54) is 12.1 Å². The van der Waals surface area contributed by atoms with Gasteiger partial charge in [-0.1, -0.05) is 18.2 Å². The van der Waals surface area contributed by atoms with Crippen LogP contribution < -0.4 is 10.6 Å². The molecule has 0 unspecified atom stereocenters. The lowest BCUT2D eigenvalue weighted by Crippen LogP contribution is -2.21. The van der Waals surface area contributed by atoms with Crippen LogP contribution in [0.1, 0.15) is 11.1 Å². The molecule has 0 aliphatic rings. The first-order valence-electron chi connectivity index (χ1n) is 6.62. The first-order chi connectivity index (χ1) is 10.3. The number of nitrogens with one attached hydrogen (secondary N) is 2. The van der Waals surface area contributed by atoms with Crippen molar-refractivity contribution in [3.05, 3.63) is 59.7 Å². The van der Waals surface area contributed by atoms with Crippen LogP contribution in [-0.2, 0) is 11.0 Å². The number of hydrogen-bond donors (Lipinski definition) is 2. The van der Waals surface area contributed by atoms with Crippen molar-refractivity contribution in [2.75, 3.05) is 17.2 Å². The highest BCUT2D eigenvalue weighted by atomic mass is 19.4. The van der Waals surface area contributed by atoms with E-state index >= 15 is 0 Å². The summed E-state index contributed by atoms with van der Waals surface area (Å²) in [6, 6.07) is 12.0. The van der Waals surface area contributed by atoms with Gasteiger partial charge in [-0.15, -0.1) is 0 Å². The topological polar surface area (TPSA) is 41.1 Å². The molecule has 6 heteroatoms. The molecule has 2 aromatic carbocycles. The van der Waals surface area contributed by atoms with Crippen molar-refractivity contribution in [1.29, 1.82) is 0 Å². The maximum absolute atomic E-state index is 12.6. The van der Waals surface area contributed by atoms with Gasteiger partial charge in [0.15, 0.2) is 0 Å². The average Bonchev–Trinajstić information content (AvgIpc) is 2.45. The van der Waals surface area contributed by atoms with Crippen molar-refractivity contribution in [2.24, 2.45) is 0 Å². The minimum Gasteiger partial charge on any atom is -0.376 e. The van der Waals surface area contributed by atoms with E-state index in [-0.39, 0.29) is 18.1 Å². The Morgan fingerprint density at radius 2 is 1.73 bits per heavy atom. The molecule has 1 amide bonds. The van der Waals surface area contributed by atoms with Crippen LogP contribution in [0.4, 0.5) is 24.5 Å². The van der Waals surface area contributed by atoms with Gasteiger partial charge in [-0.3, -0.25) is 4.79 Å². The predicted molar refractivity (Wildman–Crippen MR) is 79.7 cm³/mol. The lowest BCUT2D eigenvalue weighted by Gasteiger charge is -2.11. The highest BCUT2D eigenvalue weighted by molar-refractivity contribution is 5.93. The third-order valence-electron chi connectivity index (χ3n) is 2.94. The zero-order valence-electron chi connectivity index (χ0n) is 11.9. The van der Waals surface area contributed by atoms with E-state index in [2.05, 4.69) is 10.6 Å². The number of halogens is 3. The number of alkyl halides is 3. The molecule has 116 valence electrons. The van der Waals surface area contributed by atoms with Crippen LogP contribution in [0.2, 0.25) is 0 Å². The third kappa shape index (κ3) is 4.51. The zero-order chi connectivity index (χ0) is 16.2. The monoisotopic (exact) mass is 308 g/mol. The Morgan fingerprint density at radius 1 is 1.05 bits per heavy atom. The van der Waals surface area contributed by atoms with Crippen molar-refractivity contribution < 1.29 is 18.0 Å². The van der Waals surface area contributed by atoms with Crippen LogP contribution in [0.5, 0.6) is 0 Å². The normalized spacial score (nSPS) is 11.1. The van der Waals surface area contributed by atoms with Crippen molar-refractivity contribution >= 4 is 17.3 Å². The van der Waals surface area contributed by atoms with Crippen LogP contribution in [0, 0.1) is 6.92 Å². The molecular weight excluding hydrogens is 293 g/mol. The number of amides is 1. The van der Waals surface area contributed by atoms with Gasteiger partial charge in [-0.05, 0) is 42.8 Å². The van der Waals surface area contributed by atoms with E-state index in [9.17, 15) is 18.0 Å². The van der Waals surface area contributed by atoms with E-state index in [0.717, 1.165) is 17.7 Å². The first kappa shape index (κ1) is 15.9. The van der Waals surface area contributed by atoms with Crippen molar-refractivity contribution in [2.45, 2.75) is 13.1 Å². The van der Waals surface area contributed by atoms with Gasteiger partial charge in [0.2, 0.25) is 5.91 Å². The molecule has 0 heterocycles. The Bertz CT molecular complexity index is 668. The summed E-state index contributed by atoms with van der Waals surface area (Å²) in [4.78, 5) is 11.8. The predicted octanol–water partition coefficient (Wildman–Crippen LogP) is 4.06. The summed E-state index contributed by atoms with van der Waals surface area (Å²) in [7, 11) is 0. The third-order valence-corrected chi connectivity index (χ3v) is 2.94. The quantitative estimate of drug-likeness (QED) is 0.894. The molecule has 0 saturated carbocycles. The fourth-order valence-electron chi connectivity index (χ4n) is 1.92. The molecule has 0 bridgehead atoms. The maximum atomic E-state index is 12.6. The summed E-state index contributed by atoms with van der Waals surface area (Å²) >= 11 is 0. The molecule has 0 fully saturated rings. The standard InChI is InChI=1S/C16H15F3N2O/c1-11-4-2-7-14(8-11)21-15(22)10-20-13-6-3-5-12(9-13)16(17,18)19/h2-9,20H,10H2,1H3,(H,21,22). The summed E-state index contributed by atoms with van der Waals surface area (Å²) < 4.78 is 37.8. The molecule has 2 aromatic rings. The van der Waals surface area contributed by atoms with Crippen LogP contribution in [0.15, 0.2) is 48.5 Å². The second-order valence-electron chi connectivity index (χ2n) is 4.85. The fourth-order valence-corrected chi connectivity index (χ4v) is 1.92. The van der Waals surface area contributed by atoms with Crippen LogP contribution in [0.25, 0.3) is 0 Å². The lowest BCUT2D eigenvalue weighted by molar-refractivity contribution is -0.137. The maximum Gasteiger partial charge on any atom is 0.416 e. The molecule has 0 aromatic heterocycles. The molecule has 0 radical (unpaired) electrons. The number of hydrogen-bond acceptors (Lipinski definition) is 2. The Kier molecular flexibility index (Phi) is 4.70. The molecule has 0 atom stereocenters. The van der Waals surface area contributed by atoms with E-state index in [1.54, 1.807) is 6.07 Å². The van der Waals surface area contributed by atoms with E-state index in [1.807, 2.05) is 25.1 Å². The van der Waals surface area contributed by atoms with Crippen molar-refractivity contribution in [3.8, 4) is 0 Å². The number of benzene rings is 2. The molecule has 2 N–H and O–H groups in total. The second-order valence-corrected chi connectivity index (χ2v) is 4.85. The molecule has 0 aliphatic carbocycles. The summed E-state index contributed by atoms with van der Waals surface area (Å²) in [6.07, 6.45) is -4.40. The van der Waals surface area contributed by atoms with Crippen molar-refractivity contribution in [1.82, 2.24) is 0 Å². The van der Waals surface area contributed by atoms with Crippen LogP contribution >= 0.6 is 0 Å². The highest BCUT2D eigenvalue weighted by Gasteiger charge is 2.30. The average molecular weight is 308 g/mol. The van der Waals surface area contributed by atoms with Gasteiger partial charge in [0.25, 0.3) is 0 Å². The molecule has 0 aliphatic heterocycles. The minimum atomic E-state index is -4.40. The molecule has 0 spiro atoms. The summed E-state index contributed by atoms with van der Waals surface area (Å²) in [6.45, 7) is 1.78. The molecule has 2 rings (SSSR count). The second kappa shape index (κ2) is 6.51.